The molecule has 8 heteroatoms. The van der Waals surface area contributed by atoms with Crippen molar-refractivity contribution in [1.82, 2.24) is 30.1 Å². The van der Waals surface area contributed by atoms with E-state index in [1.165, 1.54) is 18.3 Å². The van der Waals surface area contributed by atoms with E-state index < -0.39 is 0 Å². The van der Waals surface area contributed by atoms with E-state index in [2.05, 4.69) is 30.1 Å². The lowest BCUT2D eigenvalue weighted by Gasteiger charge is -2.02. The Labute approximate surface area is 180 Å². The summed E-state index contributed by atoms with van der Waals surface area (Å²) in [5.74, 6) is -0.223. The van der Waals surface area contributed by atoms with E-state index in [-0.39, 0.29) is 11.6 Å². The van der Waals surface area contributed by atoms with Gasteiger partial charge in [0.05, 0.1) is 23.3 Å². The number of aromatic amines is 2. The van der Waals surface area contributed by atoms with E-state index in [0.717, 1.165) is 38.8 Å². The predicted molar refractivity (Wildman–Crippen MR) is 119 cm³/mol. The van der Waals surface area contributed by atoms with Gasteiger partial charge in [0.1, 0.15) is 11.6 Å². The molecule has 0 saturated carbocycles. The van der Waals surface area contributed by atoms with Crippen molar-refractivity contribution in [3.63, 3.8) is 0 Å². The Bertz CT molecular complexity index is 1620. The molecule has 0 aliphatic heterocycles. The molecule has 0 fully saturated rings. The summed E-state index contributed by atoms with van der Waals surface area (Å²) in [6.45, 7) is 0. The molecule has 0 bridgehead atoms. The largest absolute Gasteiger partial charge is 0.506 e. The van der Waals surface area contributed by atoms with Gasteiger partial charge in [-0.25, -0.2) is 9.37 Å². The van der Waals surface area contributed by atoms with Crippen molar-refractivity contribution in [2.45, 2.75) is 0 Å². The topological polar surface area (TPSA) is 103 Å². The Balaban J connectivity index is 1.51. The van der Waals surface area contributed by atoms with Gasteiger partial charge in [0, 0.05) is 51.6 Å². The van der Waals surface area contributed by atoms with E-state index in [9.17, 15) is 9.50 Å². The van der Waals surface area contributed by atoms with Crippen molar-refractivity contribution < 1.29 is 9.50 Å². The molecule has 0 amide bonds. The van der Waals surface area contributed by atoms with Crippen LogP contribution in [0.5, 0.6) is 5.75 Å². The van der Waals surface area contributed by atoms with Gasteiger partial charge in [0.25, 0.3) is 0 Å². The first kappa shape index (κ1) is 18.2. The molecule has 0 saturated heterocycles. The Morgan fingerprint density at radius 1 is 0.844 bits per heavy atom. The maximum atomic E-state index is 13.8. The minimum atomic E-state index is -0.309. The molecule has 0 radical (unpaired) electrons. The highest BCUT2D eigenvalue weighted by Gasteiger charge is 2.15. The lowest BCUT2D eigenvalue weighted by Crippen LogP contribution is -1.85. The fourth-order valence-corrected chi connectivity index (χ4v) is 3.90. The molecule has 1 aromatic carbocycles. The number of rotatable bonds is 3. The quantitative estimate of drug-likeness (QED) is 0.369. The van der Waals surface area contributed by atoms with Gasteiger partial charge >= 0.3 is 0 Å². The second-order valence-corrected chi connectivity index (χ2v) is 7.44. The highest BCUT2D eigenvalue weighted by molar-refractivity contribution is 5.99. The summed E-state index contributed by atoms with van der Waals surface area (Å²) in [4.78, 5) is 16.4. The van der Waals surface area contributed by atoms with Gasteiger partial charge in [0.2, 0.25) is 0 Å². The number of hydrogen-bond donors (Lipinski definition) is 3. The van der Waals surface area contributed by atoms with Crippen LogP contribution in [0.2, 0.25) is 0 Å². The SMILES string of the molecule is Oc1cncc(-c2cnc3n[nH]c(-c4cc5c(-c6cccc(F)c6)nccc5[nH]4)c3c2)c1. The van der Waals surface area contributed by atoms with Gasteiger partial charge < -0.3 is 10.1 Å². The standard InChI is InChI=1S/C24H15FN6O/c25-16-3-1-2-13(6-16)22-18-9-21(29-20(18)4-5-27-22)23-19-8-15(11-28-24(19)31-30-23)14-7-17(32)12-26-10-14/h1-12,29,32H,(H,28,30,31). The van der Waals surface area contributed by atoms with Crippen LogP contribution in [0.15, 0.2) is 73.3 Å². The Morgan fingerprint density at radius 2 is 1.75 bits per heavy atom. The summed E-state index contributed by atoms with van der Waals surface area (Å²) in [7, 11) is 0. The molecule has 154 valence electrons. The van der Waals surface area contributed by atoms with Crippen LogP contribution in [-0.2, 0) is 0 Å². The first-order valence-corrected chi connectivity index (χ1v) is 9.88. The van der Waals surface area contributed by atoms with E-state index in [4.69, 9.17) is 0 Å². The smallest absolute Gasteiger partial charge is 0.181 e. The Morgan fingerprint density at radius 3 is 2.62 bits per heavy atom. The molecule has 7 nitrogen and oxygen atoms in total. The molecule has 0 atom stereocenters. The maximum Gasteiger partial charge on any atom is 0.181 e. The fourth-order valence-electron chi connectivity index (χ4n) is 3.90. The van der Waals surface area contributed by atoms with Gasteiger partial charge in [-0.2, -0.15) is 5.10 Å². The summed E-state index contributed by atoms with van der Waals surface area (Å²) >= 11 is 0. The number of benzene rings is 1. The average molecular weight is 422 g/mol. The number of fused-ring (bicyclic) bond motifs is 2. The third-order valence-electron chi connectivity index (χ3n) is 5.38. The molecule has 3 N–H and O–H groups in total. The summed E-state index contributed by atoms with van der Waals surface area (Å²) in [5.41, 5.74) is 5.97. The second-order valence-electron chi connectivity index (χ2n) is 7.44. The molecule has 0 spiro atoms. The van der Waals surface area contributed by atoms with Crippen molar-refractivity contribution in [2.75, 3.05) is 0 Å². The number of H-pyrrole nitrogens is 2. The van der Waals surface area contributed by atoms with Crippen molar-refractivity contribution in [3.05, 3.63) is 79.1 Å². The molecular formula is C24H15FN6O. The molecule has 32 heavy (non-hydrogen) atoms. The molecule has 5 aromatic heterocycles. The van der Waals surface area contributed by atoms with Crippen molar-refractivity contribution in [1.29, 1.82) is 0 Å². The summed E-state index contributed by atoms with van der Waals surface area (Å²) in [6.07, 6.45) is 6.44. The third-order valence-corrected chi connectivity index (χ3v) is 5.38. The van der Waals surface area contributed by atoms with E-state index in [1.54, 1.807) is 30.7 Å². The van der Waals surface area contributed by atoms with Crippen LogP contribution in [0.1, 0.15) is 0 Å². The summed E-state index contributed by atoms with van der Waals surface area (Å²) in [5, 5.41) is 18.8. The highest BCUT2D eigenvalue weighted by Crippen LogP contribution is 2.34. The molecule has 0 aliphatic rings. The van der Waals surface area contributed by atoms with Gasteiger partial charge in [-0.3, -0.25) is 15.1 Å². The second kappa shape index (κ2) is 6.98. The minimum Gasteiger partial charge on any atom is -0.506 e. The maximum absolute atomic E-state index is 13.8. The molecule has 0 unspecified atom stereocenters. The predicted octanol–water partition coefficient (Wildman–Crippen LogP) is 5.07. The van der Waals surface area contributed by atoms with Crippen LogP contribution in [-0.4, -0.2) is 35.2 Å². The van der Waals surface area contributed by atoms with Crippen LogP contribution in [0.25, 0.3) is 55.7 Å². The number of aromatic nitrogens is 6. The van der Waals surface area contributed by atoms with E-state index >= 15 is 0 Å². The highest BCUT2D eigenvalue weighted by atomic mass is 19.1. The fraction of sp³-hybridized carbons (Fsp3) is 0. The van der Waals surface area contributed by atoms with Crippen LogP contribution in [0.4, 0.5) is 4.39 Å². The average Bonchev–Trinajstić information content (AvgIpc) is 3.42. The number of aromatic hydroxyl groups is 1. The van der Waals surface area contributed by atoms with Crippen LogP contribution in [0, 0.1) is 5.82 Å². The monoisotopic (exact) mass is 422 g/mol. The number of hydrogen-bond acceptors (Lipinski definition) is 5. The van der Waals surface area contributed by atoms with Crippen molar-refractivity contribution >= 4 is 21.9 Å². The van der Waals surface area contributed by atoms with Gasteiger partial charge in [-0.05, 0) is 36.4 Å². The number of pyridine rings is 3. The van der Waals surface area contributed by atoms with Crippen molar-refractivity contribution in [2.24, 2.45) is 0 Å². The number of halogens is 1. The number of nitrogens with one attached hydrogen (secondary N) is 2. The zero-order chi connectivity index (χ0) is 21.7. The van der Waals surface area contributed by atoms with Gasteiger partial charge in [-0.1, -0.05) is 12.1 Å². The summed E-state index contributed by atoms with van der Waals surface area (Å²) < 4.78 is 13.8. The molecule has 6 aromatic rings. The lowest BCUT2D eigenvalue weighted by atomic mass is 10.1. The molecule has 5 heterocycles. The zero-order valence-electron chi connectivity index (χ0n) is 16.5. The van der Waals surface area contributed by atoms with Gasteiger partial charge in [-0.15, -0.1) is 0 Å². The van der Waals surface area contributed by atoms with Crippen molar-refractivity contribution in [3.8, 4) is 39.5 Å². The zero-order valence-corrected chi connectivity index (χ0v) is 16.5. The molecule has 0 aliphatic carbocycles. The Hall–Kier alpha value is -4.59. The normalized spacial score (nSPS) is 11.4. The third kappa shape index (κ3) is 2.97. The van der Waals surface area contributed by atoms with Crippen LogP contribution < -0.4 is 0 Å². The number of nitrogens with zero attached hydrogens (tertiary/aromatic N) is 4. The summed E-state index contributed by atoms with van der Waals surface area (Å²) in [6, 6.07) is 13.8. The van der Waals surface area contributed by atoms with E-state index in [1.807, 2.05) is 24.3 Å². The molecule has 6 rings (SSSR count). The lowest BCUT2D eigenvalue weighted by molar-refractivity contribution is 0.473. The molecular weight excluding hydrogens is 407 g/mol. The van der Waals surface area contributed by atoms with Crippen LogP contribution in [0.3, 0.4) is 0 Å². The minimum absolute atomic E-state index is 0.0861. The van der Waals surface area contributed by atoms with Crippen LogP contribution >= 0.6 is 0 Å². The first-order chi connectivity index (χ1) is 15.7. The Kier molecular flexibility index (Phi) is 3.97. The van der Waals surface area contributed by atoms with Gasteiger partial charge in [0.15, 0.2) is 5.65 Å². The first-order valence-electron chi connectivity index (χ1n) is 9.88. The van der Waals surface area contributed by atoms with E-state index in [0.29, 0.717) is 16.9 Å².